The van der Waals surface area contributed by atoms with Gasteiger partial charge in [0.05, 0.1) is 0 Å². The molecule has 0 amide bonds. The molecule has 0 aliphatic carbocycles. The third-order valence-electron chi connectivity index (χ3n) is 3.83. The van der Waals surface area contributed by atoms with E-state index in [1.54, 1.807) is 12.4 Å². The standard InChI is InChI=1S/C16H21N7/c1-2-6-19-15-14(17)16(21-12-20-15)23-10-8-22(9-11-23)13-5-3-4-7-18-13/h2-5,7,12H,1,6,8-11,17H2,(H,19,20,21). The molecule has 7 heteroatoms. The van der Waals surface area contributed by atoms with E-state index in [2.05, 4.69) is 36.6 Å². The molecule has 1 fully saturated rings. The van der Waals surface area contributed by atoms with E-state index in [0.717, 1.165) is 37.8 Å². The molecule has 0 spiro atoms. The number of rotatable bonds is 5. The highest BCUT2D eigenvalue weighted by Crippen LogP contribution is 2.27. The number of nitrogens with zero attached hydrogens (tertiary/aromatic N) is 5. The Bertz CT molecular complexity index is 651. The van der Waals surface area contributed by atoms with Gasteiger partial charge in [0.25, 0.3) is 0 Å². The minimum atomic E-state index is 0.584. The maximum atomic E-state index is 6.21. The Morgan fingerprint density at radius 1 is 1.13 bits per heavy atom. The predicted octanol–water partition coefficient (Wildman–Crippen LogP) is 1.38. The molecule has 7 nitrogen and oxygen atoms in total. The second kappa shape index (κ2) is 6.95. The van der Waals surface area contributed by atoms with Gasteiger partial charge in [0, 0.05) is 38.9 Å². The van der Waals surface area contributed by atoms with Crippen LogP contribution in [0.1, 0.15) is 0 Å². The van der Waals surface area contributed by atoms with Crippen molar-refractivity contribution >= 4 is 23.1 Å². The van der Waals surface area contributed by atoms with Crippen LogP contribution in [0.4, 0.5) is 23.1 Å². The van der Waals surface area contributed by atoms with Gasteiger partial charge < -0.3 is 20.9 Å². The van der Waals surface area contributed by atoms with Crippen LogP contribution < -0.4 is 20.9 Å². The molecule has 3 heterocycles. The fourth-order valence-electron chi connectivity index (χ4n) is 2.64. The molecular weight excluding hydrogens is 290 g/mol. The molecule has 120 valence electrons. The normalized spacial score (nSPS) is 14.6. The summed E-state index contributed by atoms with van der Waals surface area (Å²) in [6, 6.07) is 5.97. The van der Waals surface area contributed by atoms with Gasteiger partial charge in [0.2, 0.25) is 0 Å². The van der Waals surface area contributed by atoms with Crippen molar-refractivity contribution in [3.8, 4) is 0 Å². The van der Waals surface area contributed by atoms with Crippen LogP contribution in [0.3, 0.4) is 0 Å². The molecule has 1 aliphatic rings. The van der Waals surface area contributed by atoms with Crippen molar-refractivity contribution in [2.24, 2.45) is 0 Å². The Morgan fingerprint density at radius 3 is 2.61 bits per heavy atom. The number of anilines is 4. The van der Waals surface area contributed by atoms with Crippen LogP contribution in [0, 0.1) is 0 Å². The lowest BCUT2D eigenvalue weighted by atomic mass is 10.3. The Balaban J connectivity index is 1.69. The zero-order chi connectivity index (χ0) is 16.1. The summed E-state index contributed by atoms with van der Waals surface area (Å²) in [5.41, 5.74) is 6.80. The smallest absolute Gasteiger partial charge is 0.157 e. The number of piperazine rings is 1. The summed E-state index contributed by atoms with van der Waals surface area (Å²) in [4.78, 5) is 17.4. The van der Waals surface area contributed by atoms with E-state index < -0.39 is 0 Å². The molecule has 0 atom stereocenters. The summed E-state index contributed by atoms with van der Waals surface area (Å²) in [6.45, 7) is 7.77. The van der Waals surface area contributed by atoms with Gasteiger partial charge in [-0.3, -0.25) is 0 Å². The maximum Gasteiger partial charge on any atom is 0.157 e. The summed E-state index contributed by atoms with van der Waals surface area (Å²) in [5.74, 6) is 2.45. The van der Waals surface area contributed by atoms with Gasteiger partial charge >= 0.3 is 0 Å². The van der Waals surface area contributed by atoms with Crippen molar-refractivity contribution in [1.82, 2.24) is 15.0 Å². The average molecular weight is 311 g/mol. The number of nitrogens with two attached hydrogens (primary N) is 1. The van der Waals surface area contributed by atoms with Crippen molar-refractivity contribution in [3.63, 3.8) is 0 Å². The first-order chi connectivity index (χ1) is 11.3. The second-order valence-electron chi connectivity index (χ2n) is 5.29. The lowest BCUT2D eigenvalue weighted by Gasteiger charge is -2.36. The largest absolute Gasteiger partial charge is 0.393 e. The number of aromatic nitrogens is 3. The molecule has 0 radical (unpaired) electrons. The van der Waals surface area contributed by atoms with Gasteiger partial charge in [-0.25, -0.2) is 15.0 Å². The van der Waals surface area contributed by atoms with Gasteiger partial charge in [-0.05, 0) is 12.1 Å². The van der Waals surface area contributed by atoms with Gasteiger partial charge in [-0.1, -0.05) is 12.1 Å². The van der Waals surface area contributed by atoms with Crippen LogP contribution in [-0.4, -0.2) is 47.7 Å². The van der Waals surface area contributed by atoms with E-state index in [4.69, 9.17) is 5.73 Å². The summed E-state index contributed by atoms with van der Waals surface area (Å²) < 4.78 is 0. The van der Waals surface area contributed by atoms with E-state index in [-0.39, 0.29) is 0 Å². The molecular formula is C16H21N7. The predicted molar refractivity (Wildman–Crippen MR) is 93.8 cm³/mol. The Morgan fingerprint density at radius 2 is 1.91 bits per heavy atom. The first kappa shape index (κ1) is 15.1. The van der Waals surface area contributed by atoms with Gasteiger partial charge in [0.15, 0.2) is 11.6 Å². The summed E-state index contributed by atoms with van der Waals surface area (Å²) in [7, 11) is 0. The van der Waals surface area contributed by atoms with Crippen molar-refractivity contribution in [2.75, 3.05) is 53.6 Å². The van der Waals surface area contributed by atoms with Crippen LogP contribution in [0.5, 0.6) is 0 Å². The first-order valence-electron chi connectivity index (χ1n) is 7.65. The van der Waals surface area contributed by atoms with E-state index >= 15 is 0 Å². The van der Waals surface area contributed by atoms with Gasteiger partial charge in [-0.2, -0.15) is 0 Å². The second-order valence-corrected chi connectivity index (χ2v) is 5.29. The molecule has 3 N–H and O–H groups in total. The highest BCUT2D eigenvalue weighted by Gasteiger charge is 2.21. The number of nitrogen functional groups attached to an aromatic ring is 1. The van der Waals surface area contributed by atoms with Crippen LogP contribution in [-0.2, 0) is 0 Å². The third kappa shape index (κ3) is 3.33. The lowest BCUT2D eigenvalue weighted by Crippen LogP contribution is -2.47. The zero-order valence-electron chi connectivity index (χ0n) is 13.0. The topological polar surface area (TPSA) is 83.2 Å². The minimum absolute atomic E-state index is 0.584. The minimum Gasteiger partial charge on any atom is -0.393 e. The SMILES string of the molecule is C=CCNc1ncnc(N2CCN(c3ccccn3)CC2)c1N. The summed E-state index contributed by atoms with van der Waals surface area (Å²) in [5, 5.41) is 3.14. The zero-order valence-corrected chi connectivity index (χ0v) is 13.0. The molecule has 2 aromatic rings. The van der Waals surface area contributed by atoms with Crippen molar-refractivity contribution in [1.29, 1.82) is 0 Å². The van der Waals surface area contributed by atoms with Crippen LogP contribution in [0.25, 0.3) is 0 Å². The molecule has 0 saturated carbocycles. The van der Waals surface area contributed by atoms with Gasteiger partial charge in [-0.15, -0.1) is 6.58 Å². The Hall–Kier alpha value is -2.83. The van der Waals surface area contributed by atoms with E-state index in [0.29, 0.717) is 18.1 Å². The van der Waals surface area contributed by atoms with Crippen molar-refractivity contribution in [3.05, 3.63) is 43.4 Å². The molecule has 23 heavy (non-hydrogen) atoms. The molecule has 2 aromatic heterocycles. The van der Waals surface area contributed by atoms with Crippen LogP contribution in [0.2, 0.25) is 0 Å². The van der Waals surface area contributed by atoms with E-state index in [1.165, 1.54) is 0 Å². The Kier molecular flexibility index (Phi) is 4.56. The molecule has 0 unspecified atom stereocenters. The molecule has 0 bridgehead atoms. The highest BCUT2D eigenvalue weighted by atomic mass is 15.3. The fourth-order valence-corrected chi connectivity index (χ4v) is 2.64. The number of hydrogen-bond acceptors (Lipinski definition) is 7. The highest BCUT2D eigenvalue weighted by molar-refractivity contribution is 5.75. The third-order valence-corrected chi connectivity index (χ3v) is 3.83. The fraction of sp³-hybridized carbons (Fsp3) is 0.312. The number of pyridine rings is 1. The molecule has 0 aromatic carbocycles. The lowest BCUT2D eigenvalue weighted by molar-refractivity contribution is 0.642. The summed E-state index contributed by atoms with van der Waals surface area (Å²) in [6.07, 6.45) is 5.14. The van der Waals surface area contributed by atoms with E-state index in [1.807, 2.05) is 24.4 Å². The molecule has 1 saturated heterocycles. The monoisotopic (exact) mass is 311 g/mol. The summed E-state index contributed by atoms with van der Waals surface area (Å²) >= 11 is 0. The van der Waals surface area contributed by atoms with Gasteiger partial charge in [0.1, 0.15) is 17.8 Å². The molecule has 1 aliphatic heterocycles. The van der Waals surface area contributed by atoms with E-state index in [9.17, 15) is 0 Å². The quantitative estimate of drug-likeness (QED) is 0.807. The van der Waals surface area contributed by atoms with Crippen molar-refractivity contribution < 1.29 is 0 Å². The number of hydrogen-bond donors (Lipinski definition) is 2. The van der Waals surface area contributed by atoms with Crippen LogP contribution in [0.15, 0.2) is 43.4 Å². The number of nitrogens with one attached hydrogen (secondary N) is 1. The van der Waals surface area contributed by atoms with Crippen LogP contribution >= 0.6 is 0 Å². The Labute approximate surface area is 135 Å². The first-order valence-corrected chi connectivity index (χ1v) is 7.65. The maximum absolute atomic E-state index is 6.21. The average Bonchev–Trinajstić information content (AvgIpc) is 2.62. The van der Waals surface area contributed by atoms with Crippen molar-refractivity contribution in [2.45, 2.75) is 0 Å². The molecule has 3 rings (SSSR count).